The second-order valence-corrected chi connectivity index (χ2v) is 9.29. The van der Waals surface area contributed by atoms with E-state index in [9.17, 15) is 13.2 Å². The summed E-state index contributed by atoms with van der Waals surface area (Å²) in [6, 6.07) is 6.61. The van der Waals surface area contributed by atoms with E-state index >= 15 is 0 Å². The fourth-order valence-electron chi connectivity index (χ4n) is 4.44. The summed E-state index contributed by atoms with van der Waals surface area (Å²) in [7, 11) is 0. The van der Waals surface area contributed by atoms with Crippen LogP contribution in [0.1, 0.15) is 42.8 Å². The van der Waals surface area contributed by atoms with E-state index in [1.807, 2.05) is 6.07 Å². The van der Waals surface area contributed by atoms with Crippen LogP contribution in [0.3, 0.4) is 0 Å². The summed E-state index contributed by atoms with van der Waals surface area (Å²) in [5.74, 6) is 2.02. The number of nitrogens with zero attached hydrogens (tertiary/aromatic N) is 2. The molecule has 3 aromatic rings. The Labute approximate surface area is 212 Å². The number of alkyl halides is 3. The molecule has 198 valence electrons. The number of benzene rings is 2. The Morgan fingerprint density at radius 2 is 1.76 bits per heavy atom. The number of rotatable bonds is 3. The molecule has 2 heterocycles. The normalized spacial score (nSPS) is 21.2. The van der Waals surface area contributed by atoms with Gasteiger partial charge in [-0.2, -0.15) is 13.2 Å². The number of hydrogen-bond acceptors (Lipinski definition) is 8. The van der Waals surface area contributed by atoms with Crippen molar-refractivity contribution in [3.63, 3.8) is 0 Å². The number of halogens is 3. The number of aryl methyl sites for hydroxylation is 1. The van der Waals surface area contributed by atoms with Gasteiger partial charge in [-0.15, -0.1) is 0 Å². The molecule has 2 aliphatic rings. The van der Waals surface area contributed by atoms with Crippen LogP contribution in [0.2, 0.25) is 0 Å². The Balaban J connectivity index is 1.50. The first-order chi connectivity index (χ1) is 17.7. The fraction of sp³-hybridized carbons (Fsp3) is 0.462. The highest BCUT2D eigenvalue weighted by Crippen LogP contribution is 2.39. The number of anilines is 2. The van der Waals surface area contributed by atoms with Gasteiger partial charge in [0, 0.05) is 17.1 Å². The number of aromatic nitrogens is 2. The van der Waals surface area contributed by atoms with E-state index in [0.717, 1.165) is 25.0 Å². The minimum atomic E-state index is -4.50. The van der Waals surface area contributed by atoms with E-state index < -0.39 is 17.8 Å². The van der Waals surface area contributed by atoms with Crippen LogP contribution in [0.15, 0.2) is 30.3 Å². The lowest BCUT2D eigenvalue weighted by atomic mass is 9.91. The van der Waals surface area contributed by atoms with Crippen LogP contribution >= 0.6 is 0 Å². The summed E-state index contributed by atoms with van der Waals surface area (Å²) in [6.07, 6.45) is -2.88. The molecule has 0 saturated heterocycles. The van der Waals surface area contributed by atoms with Crippen molar-refractivity contribution in [2.45, 2.75) is 51.1 Å². The smallest absolute Gasteiger partial charge is 0.416 e. The topological polar surface area (TPSA) is 101 Å². The zero-order valence-electron chi connectivity index (χ0n) is 20.6. The Bertz CT molecular complexity index is 1290. The predicted molar refractivity (Wildman–Crippen MR) is 132 cm³/mol. The molecule has 0 amide bonds. The maximum absolute atomic E-state index is 13.3. The molecule has 3 atom stereocenters. The van der Waals surface area contributed by atoms with Gasteiger partial charge in [-0.1, -0.05) is 0 Å². The molecule has 1 aromatic heterocycles. The highest BCUT2D eigenvalue weighted by molar-refractivity contribution is 5.92. The predicted octanol–water partition coefficient (Wildman–Crippen LogP) is 5.05. The van der Waals surface area contributed by atoms with Crippen LogP contribution in [0, 0.1) is 6.92 Å². The van der Waals surface area contributed by atoms with Crippen molar-refractivity contribution in [1.82, 2.24) is 9.97 Å². The lowest BCUT2D eigenvalue weighted by molar-refractivity contribution is -0.137. The van der Waals surface area contributed by atoms with Crippen LogP contribution in [0.4, 0.5) is 24.7 Å². The van der Waals surface area contributed by atoms with Crippen LogP contribution in [0.5, 0.6) is 11.5 Å². The molecule has 3 unspecified atom stereocenters. The average molecular weight is 519 g/mol. The van der Waals surface area contributed by atoms with Crippen LogP contribution in [0.25, 0.3) is 10.9 Å². The molecular formula is C26H29F3N4O4. The van der Waals surface area contributed by atoms with E-state index in [-0.39, 0.29) is 17.9 Å². The summed E-state index contributed by atoms with van der Waals surface area (Å²) in [6.45, 7) is 5.23. The Morgan fingerprint density at radius 1 is 0.973 bits per heavy atom. The SMILES string of the molecule is Cc1nc(NC(C)c2cc(N)cc(C(F)(F)F)c2)c2cc3c(cc2n1)OCCOCCOC1CCC1O3. The van der Waals surface area contributed by atoms with Crippen molar-refractivity contribution in [3.05, 3.63) is 47.3 Å². The molecule has 1 saturated carbocycles. The number of nitrogens with one attached hydrogen (secondary N) is 1. The van der Waals surface area contributed by atoms with Crippen molar-refractivity contribution in [2.24, 2.45) is 0 Å². The van der Waals surface area contributed by atoms with Gasteiger partial charge in [-0.05, 0) is 56.5 Å². The molecule has 5 rings (SSSR count). The zero-order chi connectivity index (χ0) is 26.2. The molecule has 0 spiro atoms. The van der Waals surface area contributed by atoms with Gasteiger partial charge in [0.15, 0.2) is 11.5 Å². The molecule has 1 fully saturated rings. The van der Waals surface area contributed by atoms with E-state index in [1.165, 1.54) is 6.07 Å². The highest BCUT2D eigenvalue weighted by atomic mass is 19.4. The first-order valence-electron chi connectivity index (χ1n) is 12.2. The lowest BCUT2D eigenvalue weighted by Crippen LogP contribution is -2.44. The average Bonchev–Trinajstić information content (AvgIpc) is 2.81. The third-order valence-electron chi connectivity index (χ3n) is 6.50. The van der Waals surface area contributed by atoms with Crippen molar-refractivity contribution in [3.8, 4) is 11.5 Å². The monoisotopic (exact) mass is 518 g/mol. The largest absolute Gasteiger partial charge is 0.487 e. The minimum Gasteiger partial charge on any atom is -0.487 e. The molecule has 3 N–H and O–H groups in total. The van der Waals surface area contributed by atoms with Gasteiger partial charge in [0.25, 0.3) is 0 Å². The van der Waals surface area contributed by atoms with Crippen molar-refractivity contribution in [2.75, 3.05) is 37.5 Å². The molecule has 0 radical (unpaired) electrons. The number of hydrogen-bond donors (Lipinski definition) is 2. The van der Waals surface area contributed by atoms with Gasteiger partial charge >= 0.3 is 6.18 Å². The summed E-state index contributed by atoms with van der Waals surface area (Å²) in [4.78, 5) is 9.09. The van der Waals surface area contributed by atoms with Crippen molar-refractivity contribution < 1.29 is 32.1 Å². The zero-order valence-corrected chi connectivity index (χ0v) is 20.6. The Hall–Kier alpha value is -3.31. The Kier molecular flexibility index (Phi) is 7.00. The number of nitrogen functional groups attached to an aromatic ring is 1. The molecule has 11 heteroatoms. The minimum absolute atomic E-state index is 0.0233. The molecule has 2 aromatic carbocycles. The van der Waals surface area contributed by atoms with Crippen LogP contribution in [-0.2, 0) is 15.7 Å². The summed E-state index contributed by atoms with van der Waals surface area (Å²) in [5.41, 5.74) is 6.01. The summed E-state index contributed by atoms with van der Waals surface area (Å²) >= 11 is 0. The summed E-state index contributed by atoms with van der Waals surface area (Å²) in [5, 5.41) is 3.89. The lowest BCUT2D eigenvalue weighted by Gasteiger charge is -2.37. The third kappa shape index (κ3) is 5.67. The van der Waals surface area contributed by atoms with Crippen molar-refractivity contribution in [1.29, 1.82) is 0 Å². The maximum atomic E-state index is 13.3. The van der Waals surface area contributed by atoms with Crippen molar-refractivity contribution >= 4 is 22.4 Å². The van der Waals surface area contributed by atoms with E-state index in [2.05, 4.69) is 15.3 Å². The highest BCUT2D eigenvalue weighted by Gasteiger charge is 2.35. The van der Waals surface area contributed by atoms with Gasteiger partial charge in [-0.3, -0.25) is 0 Å². The molecular weight excluding hydrogens is 489 g/mol. The van der Waals surface area contributed by atoms with E-state index in [4.69, 9.17) is 24.7 Å². The fourth-order valence-corrected chi connectivity index (χ4v) is 4.44. The van der Waals surface area contributed by atoms with Crippen LogP contribution < -0.4 is 20.5 Å². The number of fused-ring (bicyclic) bond motifs is 3. The molecule has 1 aliphatic heterocycles. The molecule has 37 heavy (non-hydrogen) atoms. The quantitative estimate of drug-likeness (QED) is 0.465. The third-order valence-corrected chi connectivity index (χ3v) is 6.50. The second kappa shape index (κ2) is 10.2. The van der Waals surface area contributed by atoms with Crippen LogP contribution in [-0.4, -0.2) is 48.6 Å². The van der Waals surface area contributed by atoms with Gasteiger partial charge in [-0.25, -0.2) is 9.97 Å². The molecule has 1 aliphatic carbocycles. The number of nitrogens with two attached hydrogens (primary N) is 1. The maximum Gasteiger partial charge on any atom is 0.416 e. The second-order valence-electron chi connectivity index (χ2n) is 9.29. The standard InChI is InChI=1S/C26H29F3N4O4/c1-14(16-9-17(26(27,28)29)11-18(30)10-16)31-25-19-12-24-23(13-20(19)32-15(2)33-25)36-8-6-34-5-7-35-21-3-4-22(21)37-24/h9-14,21-22H,3-8,30H2,1-2H3,(H,31,32,33). The number of ether oxygens (including phenoxy) is 4. The Morgan fingerprint density at radius 3 is 2.51 bits per heavy atom. The first kappa shape index (κ1) is 25.3. The van der Waals surface area contributed by atoms with E-state index in [0.29, 0.717) is 66.0 Å². The van der Waals surface area contributed by atoms with Gasteiger partial charge in [0.1, 0.15) is 24.4 Å². The first-order valence-corrected chi connectivity index (χ1v) is 12.2. The van der Waals surface area contributed by atoms with Gasteiger partial charge in [0.2, 0.25) is 0 Å². The molecule has 0 bridgehead atoms. The van der Waals surface area contributed by atoms with Gasteiger partial charge in [0.05, 0.1) is 43.0 Å². The summed E-state index contributed by atoms with van der Waals surface area (Å²) < 4.78 is 63.8. The van der Waals surface area contributed by atoms with Gasteiger partial charge < -0.3 is 30.0 Å². The molecule has 8 nitrogen and oxygen atoms in total. The van der Waals surface area contributed by atoms with E-state index in [1.54, 1.807) is 19.9 Å².